The molecule has 1 heterocycles. The van der Waals surface area contributed by atoms with E-state index < -0.39 is 0 Å². The van der Waals surface area contributed by atoms with Gasteiger partial charge in [-0.2, -0.15) is 0 Å². The van der Waals surface area contributed by atoms with Crippen molar-refractivity contribution < 1.29 is 9.59 Å². The van der Waals surface area contributed by atoms with Crippen LogP contribution in [0.25, 0.3) is 17.1 Å². The zero-order chi connectivity index (χ0) is 23.2. The number of thioether (sulfide) groups is 1. The number of para-hydroxylation sites is 1. The van der Waals surface area contributed by atoms with Crippen molar-refractivity contribution in [2.45, 2.75) is 18.5 Å². The number of hydrogen-bond acceptors (Lipinski definition) is 5. The second kappa shape index (κ2) is 10.5. The average Bonchev–Trinajstić information content (AvgIpc) is 3.24. The van der Waals surface area contributed by atoms with Crippen LogP contribution in [-0.4, -0.2) is 32.2 Å². The van der Waals surface area contributed by atoms with E-state index in [1.54, 1.807) is 24.3 Å². The molecule has 0 saturated carbocycles. The van der Waals surface area contributed by atoms with E-state index in [2.05, 4.69) is 15.5 Å². The summed E-state index contributed by atoms with van der Waals surface area (Å²) in [4.78, 5) is 23.8. The summed E-state index contributed by atoms with van der Waals surface area (Å²) in [7, 11) is 0. The fourth-order valence-corrected chi connectivity index (χ4v) is 4.35. The Balaban J connectivity index is 1.47. The number of ketones is 1. The first-order valence-electron chi connectivity index (χ1n) is 10.3. The summed E-state index contributed by atoms with van der Waals surface area (Å²) in [6.07, 6.45) is 0.294. The van der Waals surface area contributed by atoms with E-state index in [0.717, 1.165) is 11.3 Å². The van der Waals surface area contributed by atoms with Crippen molar-refractivity contribution >= 4 is 40.7 Å². The van der Waals surface area contributed by atoms with Crippen LogP contribution in [0.4, 0.5) is 5.69 Å². The highest BCUT2D eigenvalue weighted by Crippen LogP contribution is 2.32. The van der Waals surface area contributed by atoms with E-state index in [1.165, 1.54) is 18.7 Å². The molecule has 3 aromatic carbocycles. The Kier molecular flexibility index (Phi) is 7.22. The van der Waals surface area contributed by atoms with Crippen LogP contribution in [0.3, 0.4) is 0 Å². The number of aromatic nitrogens is 3. The summed E-state index contributed by atoms with van der Waals surface area (Å²) >= 11 is 7.87. The lowest BCUT2D eigenvalue weighted by atomic mass is 10.1. The summed E-state index contributed by atoms with van der Waals surface area (Å²) < 4.78 is 1.95. The lowest BCUT2D eigenvalue weighted by Crippen LogP contribution is -2.12. The maximum Gasteiger partial charge on any atom is 0.225 e. The number of nitrogens with zero attached hydrogens (tertiary/aromatic N) is 3. The SMILES string of the molecule is CC(=O)c1ccc(NC(=O)CCSc2nnc(-c3ccccc3Cl)n2-c2ccccc2)cc1. The number of carbonyl (C=O) groups is 2. The summed E-state index contributed by atoms with van der Waals surface area (Å²) in [5.74, 6) is 1.03. The van der Waals surface area contributed by atoms with Crippen LogP contribution in [0.5, 0.6) is 0 Å². The fourth-order valence-electron chi connectivity index (χ4n) is 3.24. The molecule has 0 bridgehead atoms. The third kappa shape index (κ3) is 5.50. The molecule has 0 aliphatic carbocycles. The summed E-state index contributed by atoms with van der Waals surface area (Å²) in [5, 5.41) is 12.9. The largest absolute Gasteiger partial charge is 0.326 e. The quantitative estimate of drug-likeness (QED) is 0.252. The average molecular weight is 477 g/mol. The lowest BCUT2D eigenvalue weighted by Gasteiger charge is -2.11. The van der Waals surface area contributed by atoms with Gasteiger partial charge >= 0.3 is 0 Å². The van der Waals surface area contributed by atoms with Gasteiger partial charge < -0.3 is 5.32 Å². The second-order valence-electron chi connectivity index (χ2n) is 7.24. The Morgan fingerprint density at radius 3 is 2.33 bits per heavy atom. The van der Waals surface area contributed by atoms with Crippen molar-refractivity contribution in [3.8, 4) is 17.1 Å². The minimum atomic E-state index is -0.116. The van der Waals surface area contributed by atoms with Gasteiger partial charge in [0.25, 0.3) is 0 Å². The van der Waals surface area contributed by atoms with E-state index in [0.29, 0.717) is 39.4 Å². The van der Waals surface area contributed by atoms with E-state index in [4.69, 9.17) is 11.6 Å². The van der Waals surface area contributed by atoms with Gasteiger partial charge in [0.2, 0.25) is 5.91 Å². The Morgan fingerprint density at radius 2 is 1.64 bits per heavy atom. The highest BCUT2D eigenvalue weighted by molar-refractivity contribution is 7.99. The second-order valence-corrected chi connectivity index (χ2v) is 8.71. The Bertz CT molecular complexity index is 1270. The molecule has 166 valence electrons. The number of anilines is 1. The molecule has 0 radical (unpaired) electrons. The normalized spacial score (nSPS) is 10.7. The summed E-state index contributed by atoms with van der Waals surface area (Å²) in [6, 6.07) is 24.2. The van der Waals surface area contributed by atoms with Crippen LogP contribution in [0, 0.1) is 0 Å². The number of amides is 1. The first-order valence-corrected chi connectivity index (χ1v) is 11.7. The monoisotopic (exact) mass is 476 g/mol. The Hall–Kier alpha value is -3.42. The molecule has 0 spiro atoms. The van der Waals surface area contributed by atoms with E-state index in [-0.39, 0.29) is 11.7 Å². The molecule has 0 saturated heterocycles. The van der Waals surface area contributed by atoms with Crippen molar-refractivity contribution in [1.82, 2.24) is 14.8 Å². The van der Waals surface area contributed by atoms with Crippen molar-refractivity contribution in [3.63, 3.8) is 0 Å². The molecule has 1 amide bonds. The van der Waals surface area contributed by atoms with Gasteiger partial charge in [-0.3, -0.25) is 14.2 Å². The lowest BCUT2D eigenvalue weighted by molar-refractivity contribution is -0.115. The van der Waals surface area contributed by atoms with Gasteiger partial charge in [0.1, 0.15) is 0 Å². The van der Waals surface area contributed by atoms with Gasteiger partial charge in [-0.1, -0.05) is 53.7 Å². The summed E-state index contributed by atoms with van der Waals surface area (Å²) in [5.41, 5.74) is 2.96. The number of hydrogen-bond donors (Lipinski definition) is 1. The van der Waals surface area contributed by atoms with Crippen LogP contribution >= 0.6 is 23.4 Å². The Labute approximate surface area is 201 Å². The number of Topliss-reactive ketones (excluding diaryl/α,β-unsaturated/α-hetero) is 1. The zero-order valence-corrected chi connectivity index (χ0v) is 19.4. The van der Waals surface area contributed by atoms with E-state index in [9.17, 15) is 9.59 Å². The predicted octanol–water partition coefficient (Wildman–Crippen LogP) is 5.91. The first kappa shape index (κ1) is 22.8. The van der Waals surface area contributed by atoms with Gasteiger partial charge in [-0.25, -0.2) is 0 Å². The van der Waals surface area contributed by atoms with Crippen LogP contribution in [0.2, 0.25) is 5.02 Å². The molecular weight excluding hydrogens is 456 g/mol. The molecule has 0 aliphatic rings. The fraction of sp³-hybridized carbons (Fsp3) is 0.120. The van der Waals surface area contributed by atoms with E-state index in [1.807, 2.05) is 59.2 Å². The van der Waals surface area contributed by atoms with Gasteiger partial charge in [0, 0.05) is 34.7 Å². The predicted molar refractivity (Wildman–Crippen MR) is 132 cm³/mol. The molecule has 0 unspecified atom stereocenters. The molecule has 0 atom stereocenters. The van der Waals surface area contributed by atoms with Crippen molar-refractivity contribution in [3.05, 3.63) is 89.4 Å². The molecule has 1 aromatic heterocycles. The van der Waals surface area contributed by atoms with Crippen LogP contribution in [0.1, 0.15) is 23.7 Å². The highest BCUT2D eigenvalue weighted by Gasteiger charge is 2.18. The maximum absolute atomic E-state index is 12.4. The Morgan fingerprint density at radius 1 is 0.939 bits per heavy atom. The number of halogens is 1. The van der Waals surface area contributed by atoms with E-state index >= 15 is 0 Å². The van der Waals surface area contributed by atoms with Gasteiger partial charge in [-0.05, 0) is 55.5 Å². The van der Waals surface area contributed by atoms with Gasteiger partial charge in [-0.15, -0.1) is 10.2 Å². The zero-order valence-electron chi connectivity index (χ0n) is 17.9. The minimum absolute atomic E-state index is 0.0111. The van der Waals surface area contributed by atoms with Gasteiger partial charge in [0.05, 0.1) is 5.02 Å². The molecule has 1 N–H and O–H groups in total. The standard InChI is InChI=1S/C25H21ClN4O2S/c1-17(31)18-11-13-19(14-12-18)27-23(32)15-16-33-25-29-28-24(21-9-5-6-10-22(21)26)30(25)20-7-3-2-4-8-20/h2-14H,15-16H2,1H3,(H,27,32). The summed E-state index contributed by atoms with van der Waals surface area (Å²) in [6.45, 7) is 1.51. The third-order valence-corrected chi connectivity index (χ3v) is 6.16. The number of rotatable bonds is 8. The molecule has 8 heteroatoms. The van der Waals surface area contributed by atoms with Crippen LogP contribution < -0.4 is 5.32 Å². The molecule has 4 rings (SSSR count). The molecule has 4 aromatic rings. The highest BCUT2D eigenvalue weighted by atomic mass is 35.5. The third-order valence-electron chi connectivity index (χ3n) is 4.90. The van der Waals surface area contributed by atoms with Crippen molar-refractivity contribution in [2.75, 3.05) is 11.1 Å². The van der Waals surface area contributed by atoms with Crippen molar-refractivity contribution in [1.29, 1.82) is 0 Å². The number of carbonyl (C=O) groups excluding carboxylic acids is 2. The van der Waals surface area contributed by atoms with Gasteiger partial charge in [0.15, 0.2) is 16.8 Å². The smallest absolute Gasteiger partial charge is 0.225 e. The molecule has 33 heavy (non-hydrogen) atoms. The molecule has 0 aliphatic heterocycles. The first-order chi connectivity index (χ1) is 16.0. The van der Waals surface area contributed by atoms with Crippen LogP contribution in [-0.2, 0) is 4.79 Å². The molecule has 6 nitrogen and oxygen atoms in total. The molecule has 0 fully saturated rings. The number of benzene rings is 3. The van der Waals surface area contributed by atoms with Crippen LogP contribution in [0.15, 0.2) is 84.0 Å². The molecular formula is C25H21ClN4O2S. The van der Waals surface area contributed by atoms with Crippen molar-refractivity contribution in [2.24, 2.45) is 0 Å². The number of nitrogens with one attached hydrogen (secondary N) is 1. The minimum Gasteiger partial charge on any atom is -0.326 e. The maximum atomic E-state index is 12.4. The topological polar surface area (TPSA) is 76.9 Å².